The maximum absolute atomic E-state index is 11.8. The summed E-state index contributed by atoms with van der Waals surface area (Å²) in [5.41, 5.74) is 5.40. The van der Waals surface area contributed by atoms with Crippen molar-refractivity contribution in [1.82, 2.24) is 5.32 Å². The van der Waals surface area contributed by atoms with Gasteiger partial charge in [0.25, 0.3) is 0 Å². The molecule has 0 spiro atoms. The van der Waals surface area contributed by atoms with E-state index in [1.54, 1.807) is 6.92 Å². The first-order valence-corrected chi connectivity index (χ1v) is 7.16. The van der Waals surface area contributed by atoms with E-state index in [1.165, 1.54) is 0 Å². The Morgan fingerprint density at radius 3 is 2.55 bits per heavy atom. The van der Waals surface area contributed by atoms with Crippen molar-refractivity contribution < 1.29 is 19.1 Å². The fraction of sp³-hybridized carbons (Fsp3) is 0.857. The molecule has 0 heterocycles. The Balaban J connectivity index is 2.57. The summed E-state index contributed by atoms with van der Waals surface area (Å²) in [6, 6.07) is -0.832. The van der Waals surface area contributed by atoms with Gasteiger partial charge in [0.2, 0.25) is 0 Å². The molecule has 3 N–H and O–H groups in total. The van der Waals surface area contributed by atoms with Crippen molar-refractivity contribution in [3.63, 3.8) is 0 Å². The SMILES string of the molecule is CCOC(=O)C(N)[C@@H]1CCC[C@@H]1NC(=O)OC(C)(C)C. The first-order chi connectivity index (χ1) is 9.24. The van der Waals surface area contributed by atoms with Crippen LogP contribution in [0.4, 0.5) is 4.79 Å². The lowest BCUT2D eigenvalue weighted by molar-refractivity contribution is -0.146. The summed E-state index contributed by atoms with van der Waals surface area (Å²) in [6.45, 7) is 7.48. The Hall–Kier alpha value is -1.30. The molecular formula is C14H26N2O4. The number of carbonyl (C=O) groups is 2. The van der Waals surface area contributed by atoms with Crippen LogP contribution in [0.2, 0.25) is 0 Å². The molecule has 0 saturated heterocycles. The number of hydrogen-bond acceptors (Lipinski definition) is 5. The zero-order valence-corrected chi connectivity index (χ0v) is 12.8. The predicted molar refractivity (Wildman–Crippen MR) is 75.1 cm³/mol. The lowest BCUT2D eigenvalue weighted by atomic mass is 9.95. The third-order valence-corrected chi connectivity index (χ3v) is 3.29. The quantitative estimate of drug-likeness (QED) is 0.765. The topological polar surface area (TPSA) is 90.6 Å². The van der Waals surface area contributed by atoms with Crippen LogP contribution in [0.5, 0.6) is 0 Å². The molecular weight excluding hydrogens is 260 g/mol. The van der Waals surface area contributed by atoms with Crippen LogP contribution >= 0.6 is 0 Å². The third kappa shape index (κ3) is 5.00. The van der Waals surface area contributed by atoms with E-state index in [0.29, 0.717) is 6.61 Å². The van der Waals surface area contributed by atoms with E-state index in [9.17, 15) is 9.59 Å². The molecule has 1 amide bonds. The number of carbonyl (C=O) groups excluding carboxylic acids is 2. The Bertz CT molecular complexity index is 352. The fourth-order valence-corrected chi connectivity index (χ4v) is 2.47. The molecule has 3 atom stereocenters. The van der Waals surface area contributed by atoms with Crippen LogP contribution in [0.3, 0.4) is 0 Å². The molecule has 1 fully saturated rings. The van der Waals surface area contributed by atoms with Crippen molar-refractivity contribution in [2.24, 2.45) is 11.7 Å². The minimum Gasteiger partial charge on any atom is -0.465 e. The van der Waals surface area contributed by atoms with E-state index in [4.69, 9.17) is 15.2 Å². The zero-order valence-electron chi connectivity index (χ0n) is 12.8. The second-order valence-electron chi connectivity index (χ2n) is 6.13. The van der Waals surface area contributed by atoms with Gasteiger partial charge in [0.1, 0.15) is 11.6 Å². The molecule has 6 heteroatoms. The van der Waals surface area contributed by atoms with E-state index in [2.05, 4.69) is 5.32 Å². The van der Waals surface area contributed by atoms with Crippen molar-refractivity contribution in [3.05, 3.63) is 0 Å². The van der Waals surface area contributed by atoms with Crippen LogP contribution in [-0.4, -0.2) is 36.4 Å². The summed E-state index contributed by atoms with van der Waals surface area (Å²) in [5.74, 6) is -0.503. The number of ether oxygens (including phenoxy) is 2. The molecule has 1 unspecified atom stereocenters. The number of nitrogens with two attached hydrogens (primary N) is 1. The van der Waals surface area contributed by atoms with E-state index in [1.807, 2.05) is 20.8 Å². The second-order valence-corrected chi connectivity index (χ2v) is 6.13. The largest absolute Gasteiger partial charge is 0.465 e. The standard InChI is InChI=1S/C14H26N2O4/c1-5-19-12(17)11(15)9-7-6-8-10(9)16-13(18)20-14(2,3)4/h9-11H,5-8,15H2,1-4H3,(H,16,18)/t9-,10+,11?/m1/s1. The summed E-state index contributed by atoms with van der Waals surface area (Å²) in [7, 11) is 0. The van der Waals surface area contributed by atoms with Gasteiger partial charge in [-0.1, -0.05) is 6.42 Å². The molecule has 0 aromatic heterocycles. The Labute approximate surface area is 120 Å². The zero-order chi connectivity index (χ0) is 15.3. The first-order valence-electron chi connectivity index (χ1n) is 7.16. The number of rotatable bonds is 4. The van der Waals surface area contributed by atoms with Crippen molar-refractivity contribution in [2.75, 3.05) is 6.61 Å². The molecule has 1 rings (SSSR count). The molecule has 0 bridgehead atoms. The molecule has 0 radical (unpaired) electrons. The van der Waals surface area contributed by atoms with Gasteiger partial charge < -0.3 is 20.5 Å². The number of esters is 1. The lowest BCUT2D eigenvalue weighted by Crippen LogP contribution is -2.49. The molecule has 6 nitrogen and oxygen atoms in total. The van der Waals surface area contributed by atoms with Crippen LogP contribution in [-0.2, 0) is 14.3 Å². The number of nitrogens with one attached hydrogen (secondary N) is 1. The highest BCUT2D eigenvalue weighted by molar-refractivity contribution is 5.76. The van der Waals surface area contributed by atoms with Gasteiger partial charge in [0.15, 0.2) is 0 Å². The number of alkyl carbamates (subject to hydrolysis) is 1. The van der Waals surface area contributed by atoms with Crippen LogP contribution in [0.15, 0.2) is 0 Å². The highest BCUT2D eigenvalue weighted by Crippen LogP contribution is 2.28. The first kappa shape index (κ1) is 16.8. The molecule has 20 heavy (non-hydrogen) atoms. The van der Waals surface area contributed by atoms with Crippen molar-refractivity contribution in [3.8, 4) is 0 Å². The minimum absolute atomic E-state index is 0.0958. The molecule has 1 aliphatic rings. The molecule has 0 aliphatic heterocycles. The van der Waals surface area contributed by atoms with Gasteiger partial charge in [-0.3, -0.25) is 4.79 Å². The average Bonchev–Trinajstić information content (AvgIpc) is 2.73. The minimum atomic E-state index is -0.697. The summed E-state index contributed by atoms with van der Waals surface area (Å²) in [4.78, 5) is 23.5. The van der Waals surface area contributed by atoms with Crippen LogP contribution < -0.4 is 11.1 Å². The monoisotopic (exact) mass is 286 g/mol. The van der Waals surface area contributed by atoms with Gasteiger partial charge >= 0.3 is 12.1 Å². The molecule has 1 aliphatic carbocycles. The maximum Gasteiger partial charge on any atom is 0.407 e. The third-order valence-electron chi connectivity index (χ3n) is 3.29. The second kappa shape index (κ2) is 6.92. The van der Waals surface area contributed by atoms with Crippen molar-refractivity contribution in [1.29, 1.82) is 0 Å². The number of amides is 1. The molecule has 0 aromatic carbocycles. The summed E-state index contributed by atoms with van der Waals surface area (Å²) in [5, 5.41) is 2.81. The molecule has 1 saturated carbocycles. The predicted octanol–water partition coefficient (Wildman–Crippen LogP) is 1.57. The van der Waals surface area contributed by atoms with Crippen LogP contribution in [0, 0.1) is 5.92 Å². The Kier molecular flexibility index (Phi) is 5.80. The van der Waals surface area contributed by atoms with E-state index in [0.717, 1.165) is 19.3 Å². The summed E-state index contributed by atoms with van der Waals surface area (Å²) < 4.78 is 10.2. The van der Waals surface area contributed by atoms with Gasteiger partial charge in [-0.05, 0) is 40.5 Å². The Morgan fingerprint density at radius 1 is 1.35 bits per heavy atom. The van der Waals surface area contributed by atoms with Gasteiger partial charge in [-0.25, -0.2) is 4.79 Å². The number of hydrogen-bond donors (Lipinski definition) is 2. The molecule has 116 valence electrons. The average molecular weight is 286 g/mol. The van der Waals surface area contributed by atoms with E-state index >= 15 is 0 Å². The van der Waals surface area contributed by atoms with Crippen LogP contribution in [0.1, 0.15) is 47.0 Å². The molecule has 0 aromatic rings. The van der Waals surface area contributed by atoms with Gasteiger partial charge in [-0.2, -0.15) is 0 Å². The fourth-order valence-electron chi connectivity index (χ4n) is 2.47. The summed E-state index contributed by atoms with van der Waals surface area (Å²) >= 11 is 0. The van der Waals surface area contributed by atoms with Gasteiger partial charge in [0, 0.05) is 12.0 Å². The van der Waals surface area contributed by atoms with Crippen molar-refractivity contribution in [2.45, 2.75) is 64.6 Å². The maximum atomic E-state index is 11.8. The highest BCUT2D eigenvalue weighted by Gasteiger charge is 2.37. The van der Waals surface area contributed by atoms with Crippen LogP contribution in [0.25, 0.3) is 0 Å². The van der Waals surface area contributed by atoms with Crippen molar-refractivity contribution >= 4 is 12.1 Å². The Morgan fingerprint density at radius 2 is 2.00 bits per heavy atom. The normalized spacial score (nSPS) is 24.1. The van der Waals surface area contributed by atoms with E-state index in [-0.39, 0.29) is 12.0 Å². The van der Waals surface area contributed by atoms with Gasteiger partial charge in [-0.15, -0.1) is 0 Å². The lowest BCUT2D eigenvalue weighted by Gasteiger charge is -2.27. The summed E-state index contributed by atoms with van der Waals surface area (Å²) in [6.07, 6.45) is 2.07. The van der Waals surface area contributed by atoms with E-state index < -0.39 is 23.7 Å². The smallest absolute Gasteiger partial charge is 0.407 e. The van der Waals surface area contributed by atoms with Gasteiger partial charge in [0.05, 0.1) is 6.61 Å². The highest BCUT2D eigenvalue weighted by atomic mass is 16.6.